The van der Waals surface area contributed by atoms with Crippen LogP contribution in [0.1, 0.15) is 33.1 Å². The van der Waals surface area contributed by atoms with Crippen LogP contribution in [-0.2, 0) is 13.9 Å². The minimum atomic E-state index is -1.75. The van der Waals surface area contributed by atoms with Crippen molar-refractivity contribution in [3.8, 4) is 6.07 Å². The second-order valence-corrected chi connectivity index (χ2v) is 11.8. The molecule has 1 aliphatic heterocycles. The molecule has 0 spiro atoms. The molecule has 0 N–H and O–H groups in total. The average Bonchev–Trinajstić information content (AvgIpc) is 2.75. The number of rotatable bonds is 4. The Morgan fingerprint density at radius 3 is 2.67 bits per heavy atom. The van der Waals surface area contributed by atoms with Crippen molar-refractivity contribution in [1.29, 1.82) is 5.26 Å². The molecule has 118 valence electrons. The molecule has 0 amide bonds. The van der Waals surface area contributed by atoms with E-state index in [9.17, 15) is 5.26 Å². The predicted molar refractivity (Wildman–Crippen MR) is 84.2 cm³/mol. The predicted octanol–water partition coefficient (Wildman–Crippen LogP) is 3.61. The van der Waals surface area contributed by atoms with Crippen molar-refractivity contribution in [2.45, 2.75) is 70.7 Å². The van der Waals surface area contributed by atoms with E-state index >= 15 is 0 Å². The molecule has 0 radical (unpaired) electrons. The summed E-state index contributed by atoms with van der Waals surface area (Å²) in [7, 11) is -1.75. The highest BCUT2D eigenvalue weighted by Crippen LogP contribution is 2.35. The lowest BCUT2D eigenvalue weighted by Crippen LogP contribution is -2.43. The Kier molecular flexibility index (Phi) is 4.94. The lowest BCUT2D eigenvalue weighted by atomic mass is 9.84. The van der Waals surface area contributed by atoms with Gasteiger partial charge in [0.15, 0.2) is 14.1 Å². The van der Waals surface area contributed by atoms with E-state index in [4.69, 9.17) is 13.9 Å². The minimum absolute atomic E-state index is 0.0487. The maximum atomic E-state index is 9.45. The summed E-state index contributed by atoms with van der Waals surface area (Å²) in [5.41, 5.74) is 1.11. The van der Waals surface area contributed by atoms with E-state index in [0.29, 0.717) is 6.61 Å². The largest absolute Gasteiger partial charge is 0.408 e. The molecule has 0 aromatic carbocycles. The van der Waals surface area contributed by atoms with Crippen molar-refractivity contribution >= 4 is 8.32 Å². The molecule has 1 aliphatic carbocycles. The third-order valence-electron chi connectivity index (χ3n) is 3.81. The van der Waals surface area contributed by atoms with Crippen LogP contribution in [0, 0.1) is 17.2 Å². The second kappa shape index (κ2) is 6.21. The Hall–Kier alpha value is -0.673. The van der Waals surface area contributed by atoms with E-state index in [0.717, 1.165) is 24.8 Å². The quantitative estimate of drug-likeness (QED) is 0.588. The van der Waals surface area contributed by atoms with Crippen LogP contribution in [-0.4, -0.2) is 32.9 Å². The van der Waals surface area contributed by atoms with Crippen molar-refractivity contribution in [2.75, 3.05) is 6.61 Å². The third-order valence-corrected chi connectivity index (χ3v) is 4.77. The highest BCUT2D eigenvalue weighted by atomic mass is 28.4. The number of hydrogen-bond acceptors (Lipinski definition) is 4. The summed E-state index contributed by atoms with van der Waals surface area (Å²) in [5.74, 6) is -0.615. The first-order valence-electron chi connectivity index (χ1n) is 7.81. The van der Waals surface area contributed by atoms with Gasteiger partial charge in [-0.3, -0.25) is 0 Å². The zero-order valence-corrected chi connectivity index (χ0v) is 14.8. The Balaban J connectivity index is 2.24. The lowest BCUT2D eigenvalue weighted by molar-refractivity contribution is -0.147. The maximum Gasteiger partial charge on any atom is 0.184 e. The second-order valence-electron chi connectivity index (χ2n) is 7.33. The molecule has 0 bridgehead atoms. The lowest BCUT2D eigenvalue weighted by Gasteiger charge is -2.35. The maximum absolute atomic E-state index is 9.45. The SMILES string of the molecule is CC1(C)OC[C@H](C(O[Si](C)(C)C)C2=CCCCC2C#N)O1. The van der Waals surface area contributed by atoms with Gasteiger partial charge in [0.05, 0.1) is 24.7 Å². The highest BCUT2D eigenvalue weighted by molar-refractivity contribution is 6.69. The van der Waals surface area contributed by atoms with E-state index in [-0.39, 0.29) is 18.1 Å². The fourth-order valence-corrected chi connectivity index (χ4v) is 4.01. The first kappa shape index (κ1) is 16.7. The minimum Gasteiger partial charge on any atom is -0.408 e. The summed E-state index contributed by atoms with van der Waals surface area (Å²) in [6, 6.07) is 2.44. The molecule has 21 heavy (non-hydrogen) atoms. The van der Waals surface area contributed by atoms with Crippen molar-refractivity contribution in [1.82, 2.24) is 0 Å². The molecular formula is C16H27NO3Si. The summed E-state index contributed by atoms with van der Waals surface area (Å²) >= 11 is 0. The molecule has 0 saturated carbocycles. The van der Waals surface area contributed by atoms with Crippen LogP contribution in [0.25, 0.3) is 0 Å². The molecule has 0 aromatic rings. The smallest absolute Gasteiger partial charge is 0.184 e. The van der Waals surface area contributed by atoms with Gasteiger partial charge < -0.3 is 13.9 Å². The van der Waals surface area contributed by atoms with Crippen molar-refractivity contribution in [3.05, 3.63) is 11.6 Å². The Morgan fingerprint density at radius 2 is 2.14 bits per heavy atom. The van der Waals surface area contributed by atoms with Crippen LogP contribution in [0.15, 0.2) is 11.6 Å². The number of allylic oxidation sites excluding steroid dienone is 1. The van der Waals surface area contributed by atoms with Gasteiger partial charge in [0.25, 0.3) is 0 Å². The van der Waals surface area contributed by atoms with E-state index in [1.165, 1.54) is 0 Å². The highest BCUT2D eigenvalue weighted by Gasteiger charge is 2.42. The number of ether oxygens (including phenoxy) is 2. The van der Waals surface area contributed by atoms with E-state index in [2.05, 4.69) is 31.8 Å². The van der Waals surface area contributed by atoms with Crippen LogP contribution in [0.2, 0.25) is 19.6 Å². The van der Waals surface area contributed by atoms with Gasteiger partial charge in [-0.25, -0.2) is 0 Å². The van der Waals surface area contributed by atoms with Crippen LogP contribution in [0.5, 0.6) is 0 Å². The normalized spacial score (nSPS) is 30.6. The van der Waals surface area contributed by atoms with Gasteiger partial charge in [-0.2, -0.15) is 5.26 Å². The molecule has 2 rings (SSSR count). The van der Waals surface area contributed by atoms with E-state index in [1.54, 1.807) is 0 Å². The van der Waals surface area contributed by atoms with Gasteiger partial charge in [0, 0.05) is 0 Å². The van der Waals surface area contributed by atoms with Gasteiger partial charge in [-0.15, -0.1) is 0 Å². The van der Waals surface area contributed by atoms with Crippen LogP contribution < -0.4 is 0 Å². The number of nitrogens with zero attached hydrogens (tertiary/aromatic N) is 1. The van der Waals surface area contributed by atoms with Gasteiger partial charge in [0.2, 0.25) is 0 Å². The van der Waals surface area contributed by atoms with Gasteiger partial charge in [-0.05, 0) is 58.3 Å². The van der Waals surface area contributed by atoms with Crippen LogP contribution >= 0.6 is 0 Å². The van der Waals surface area contributed by atoms with Crippen molar-refractivity contribution < 1.29 is 13.9 Å². The molecule has 1 heterocycles. The van der Waals surface area contributed by atoms with Crippen molar-refractivity contribution in [3.63, 3.8) is 0 Å². The average molecular weight is 309 g/mol. The molecule has 2 unspecified atom stereocenters. The molecule has 0 aromatic heterocycles. The summed E-state index contributed by atoms with van der Waals surface area (Å²) in [4.78, 5) is 0. The molecule has 5 heteroatoms. The van der Waals surface area contributed by atoms with E-state index in [1.807, 2.05) is 13.8 Å². The van der Waals surface area contributed by atoms with Gasteiger partial charge in [0.1, 0.15) is 6.10 Å². The van der Waals surface area contributed by atoms with Gasteiger partial charge >= 0.3 is 0 Å². The first-order chi connectivity index (χ1) is 9.72. The van der Waals surface area contributed by atoms with Crippen LogP contribution in [0.3, 0.4) is 0 Å². The van der Waals surface area contributed by atoms with E-state index < -0.39 is 14.1 Å². The molecule has 3 atom stereocenters. The standard InChI is InChI=1S/C16H27NO3Si/c1-16(2)18-11-14(19-16)15(20-21(3,4)5)13-9-7-6-8-12(13)10-17/h9,12,14-15H,6-8,11H2,1-5H3/t12?,14-,15?/m1/s1. The fraction of sp³-hybridized carbons (Fsp3) is 0.812. The molecule has 1 saturated heterocycles. The Bertz CT molecular complexity index is 447. The molecule has 1 fully saturated rings. The molecular weight excluding hydrogens is 282 g/mol. The van der Waals surface area contributed by atoms with Gasteiger partial charge in [-0.1, -0.05) is 6.08 Å². The van der Waals surface area contributed by atoms with Crippen LogP contribution in [0.4, 0.5) is 0 Å². The fourth-order valence-electron chi connectivity index (χ4n) is 2.96. The molecule has 2 aliphatic rings. The summed E-state index contributed by atoms with van der Waals surface area (Å²) in [6.07, 6.45) is 4.95. The summed E-state index contributed by atoms with van der Waals surface area (Å²) < 4.78 is 18.1. The van der Waals surface area contributed by atoms with Crippen molar-refractivity contribution in [2.24, 2.45) is 5.92 Å². The summed E-state index contributed by atoms with van der Waals surface area (Å²) in [5, 5.41) is 9.45. The zero-order valence-electron chi connectivity index (χ0n) is 13.8. The third kappa shape index (κ3) is 4.40. The summed E-state index contributed by atoms with van der Waals surface area (Å²) in [6.45, 7) is 10.9. The molecule has 4 nitrogen and oxygen atoms in total. The Labute approximate surface area is 129 Å². The zero-order chi connectivity index (χ0) is 15.7. The topological polar surface area (TPSA) is 51.5 Å². The first-order valence-corrected chi connectivity index (χ1v) is 11.2. The monoisotopic (exact) mass is 309 g/mol. The number of nitriles is 1. The Morgan fingerprint density at radius 1 is 1.43 bits per heavy atom. The number of hydrogen-bond donors (Lipinski definition) is 0.